The first-order valence-electron chi connectivity index (χ1n) is 7.55. The highest BCUT2D eigenvalue weighted by Gasteiger charge is 2.30. The Hall–Kier alpha value is -1.63. The predicted molar refractivity (Wildman–Crippen MR) is 86.4 cm³/mol. The molecule has 2 aromatic rings. The van der Waals surface area contributed by atoms with Gasteiger partial charge in [-0.2, -0.15) is 10.2 Å². The lowest BCUT2D eigenvalue weighted by Gasteiger charge is -2.29. The fourth-order valence-corrected chi connectivity index (χ4v) is 3.62. The second-order valence-electron chi connectivity index (χ2n) is 5.78. The summed E-state index contributed by atoms with van der Waals surface area (Å²) < 4.78 is 4.18. The number of carbonyl (C=O) groups excluding carboxylic acids is 1. The summed E-state index contributed by atoms with van der Waals surface area (Å²) in [5.74, 6) is 0.0302. The normalized spacial score (nSPS) is 19.2. The first-order chi connectivity index (χ1) is 10.6. The minimum atomic E-state index is 0.0302. The zero-order valence-corrected chi connectivity index (χ0v) is 14.5. The van der Waals surface area contributed by atoms with Gasteiger partial charge in [-0.3, -0.25) is 14.2 Å². The second kappa shape index (κ2) is 6.24. The average molecular weight is 366 g/mol. The molecule has 0 spiro atoms. The van der Waals surface area contributed by atoms with Crippen molar-refractivity contribution in [2.75, 3.05) is 6.54 Å². The number of aryl methyl sites for hydroxylation is 2. The smallest absolute Gasteiger partial charge is 0.273 e. The molecular formula is C15H20BrN5O. The van der Waals surface area contributed by atoms with Crippen LogP contribution in [-0.4, -0.2) is 36.9 Å². The maximum Gasteiger partial charge on any atom is 0.273 e. The lowest BCUT2D eigenvalue weighted by molar-refractivity contribution is 0.0668. The van der Waals surface area contributed by atoms with Crippen molar-refractivity contribution in [1.29, 1.82) is 0 Å². The number of nitrogens with zero attached hydrogens (tertiary/aromatic N) is 5. The molecule has 0 N–H and O–H groups in total. The van der Waals surface area contributed by atoms with E-state index in [1.807, 2.05) is 24.3 Å². The van der Waals surface area contributed by atoms with E-state index in [0.29, 0.717) is 5.69 Å². The molecule has 118 valence electrons. The second-order valence-corrected chi connectivity index (χ2v) is 6.63. The molecule has 1 aliphatic rings. The van der Waals surface area contributed by atoms with Crippen molar-refractivity contribution in [3.05, 3.63) is 34.3 Å². The minimum Gasteiger partial charge on any atom is -0.330 e. The first-order valence-corrected chi connectivity index (χ1v) is 8.34. The molecule has 0 saturated carbocycles. The van der Waals surface area contributed by atoms with E-state index in [0.717, 1.165) is 42.3 Å². The lowest BCUT2D eigenvalue weighted by Crippen LogP contribution is -2.36. The molecule has 1 unspecified atom stereocenters. The van der Waals surface area contributed by atoms with E-state index in [1.165, 1.54) is 0 Å². The highest BCUT2D eigenvalue weighted by molar-refractivity contribution is 9.10. The topological polar surface area (TPSA) is 56.0 Å². The number of likely N-dealkylation sites (tertiary alicyclic amines) is 1. The molecule has 1 atom stereocenters. The molecule has 1 aliphatic heterocycles. The highest BCUT2D eigenvalue weighted by atomic mass is 79.9. The molecule has 0 radical (unpaired) electrons. The summed E-state index contributed by atoms with van der Waals surface area (Å²) >= 11 is 3.44. The molecule has 2 aromatic heterocycles. The molecule has 1 saturated heterocycles. The third-order valence-electron chi connectivity index (χ3n) is 4.22. The summed E-state index contributed by atoms with van der Waals surface area (Å²) in [5.41, 5.74) is 1.71. The van der Waals surface area contributed by atoms with Gasteiger partial charge in [0.15, 0.2) is 0 Å². The standard InChI is InChI=1S/C15H20BrN5O/c1-19-10-11(8-17-19)13-6-4-3-5-7-21(13)15(22)14-12(16)9-18-20(14)2/h8-10,13H,3-7H2,1-2H3. The van der Waals surface area contributed by atoms with Crippen molar-refractivity contribution >= 4 is 21.8 Å². The average Bonchev–Trinajstić information content (AvgIpc) is 2.96. The molecule has 3 heterocycles. The molecule has 1 amide bonds. The van der Waals surface area contributed by atoms with Gasteiger partial charge < -0.3 is 4.90 Å². The molecule has 7 heteroatoms. The fraction of sp³-hybridized carbons (Fsp3) is 0.533. The van der Waals surface area contributed by atoms with E-state index in [1.54, 1.807) is 22.6 Å². The SMILES string of the molecule is Cn1cc(C2CCCCCN2C(=O)c2c(Br)cnn2C)cn1. The molecule has 3 rings (SSSR count). The van der Waals surface area contributed by atoms with Crippen molar-refractivity contribution in [3.63, 3.8) is 0 Å². The number of rotatable bonds is 2. The number of aromatic nitrogens is 4. The Morgan fingerprint density at radius 3 is 2.68 bits per heavy atom. The van der Waals surface area contributed by atoms with E-state index in [4.69, 9.17) is 0 Å². The van der Waals surface area contributed by atoms with Crippen LogP contribution in [0.25, 0.3) is 0 Å². The van der Waals surface area contributed by atoms with Gasteiger partial charge in [-0.05, 0) is 28.8 Å². The first kappa shape index (κ1) is 15.3. The van der Waals surface area contributed by atoms with Crippen LogP contribution in [0.4, 0.5) is 0 Å². The number of amides is 1. The van der Waals surface area contributed by atoms with Gasteiger partial charge in [0.1, 0.15) is 5.69 Å². The van der Waals surface area contributed by atoms with Crippen LogP contribution < -0.4 is 0 Å². The lowest BCUT2D eigenvalue weighted by atomic mass is 10.0. The highest BCUT2D eigenvalue weighted by Crippen LogP contribution is 2.32. The summed E-state index contributed by atoms with van der Waals surface area (Å²) in [6.07, 6.45) is 9.86. The van der Waals surface area contributed by atoms with Gasteiger partial charge in [-0.1, -0.05) is 12.8 Å². The monoisotopic (exact) mass is 365 g/mol. The largest absolute Gasteiger partial charge is 0.330 e. The van der Waals surface area contributed by atoms with Crippen LogP contribution >= 0.6 is 15.9 Å². The Balaban J connectivity index is 1.95. The molecule has 22 heavy (non-hydrogen) atoms. The summed E-state index contributed by atoms with van der Waals surface area (Å²) in [5, 5.41) is 8.43. The van der Waals surface area contributed by atoms with Crippen LogP contribution in [0, 0.1) is 0 Å². The van der Waals surface area contributed by atoms with E-state index < -0.39 is 0 Å². The molecule has 0 bridgehead atoms. The number of hydrogen-bond acceptors (Lipinski definition) is 3. The molecule has 0 aliphatic carbocycles. The summed E-state index contributed by atoms with van der Waals surface area (Å²) in [4.78, 5) is 15.0. The van der Waals surface area contributed by atoms with E-state index in [-0.39, 0.29) is 11.9 Å². The van der Waals surface area contributed by atoms with Crippen LogP contribution in [0.15, 0.2) is 23.1 Å². The molecule has 1 fully saturated rings. The van der Waals surface area contributed by atoms with Crippen LogP contribution in [-0.2, 0) is 14.1 Å². The van der Waals surface area contributed by atoms with E-state index in [9.17, 15) is 4.79 Å². The quantitative estimate of drug-likeness (QED) is 0.821. The number of halogens is 1. The Labute approximate surface area is 138 Å². The maximum absolute atomic E-state index is 13.1. The minimum absolute atomic E-state index is 0.0302. The van der Waals surface area contributed by atoms with Gasteiger partial charge >= 0.3 is 0 Å². The third-order valence-corrected chi connectivity index (χ3v) is 4.80. The predicted octanol–water partition coefficient (Wildman–Crippen LogP) is 2.67. The third kappa shape index (κ3) is 2.82. The van der Waals surface area contributed by atoms with Gasteiger partial charge in [0.2, 0.25) is 0 Å². The van der Waals surface area contributed by atoms with Gasteiger partial charge in [0.05, 0.1) is 22.9 Å². The van der Waals surface area contributed by atoms with Crippen molar-refractivity contribution < 1.29 is 4.79 Å². The van der Waals surface area contributed by atoms with Gasteiger partial charge in [0, 0.05) is 32.4 Å². The summed E-state index contributed by atoms with van der Waals surface area (Å²) in [6.45, 7) is 0.774. The Morgan fingerprint density at radius 1 is 1.23 bits per heavy atom. The molecular weight excluding hydrogens is 346 g/mol. The van der Waals surface area contributed by atoms with Crippen molar-refractivity contribution in [1.82, 2.24) is 24.5 Å². The zero-order chi connectivity index (χ0) is 15.7. The van der Waals surface area contributed by atoms with E-state index >= 15 is 0 Å². The molecule has 0 aromatic carbocycles. The number of hydrogen-bond donors (Lipinski definition) is 0. The Morgan fingerprint density at radius 2 is 2.05 bits per heavy atom. The summed E-state index contributed by atoms with van der Waals surface area (Å²) in [7, 11) is 3.71. The van der Waals surface area contributed by atoms with Crippen molar-refractivity contribution in [2.24, 2.45) is 14.1 Å². The van der Waals surface area contributed by atoms with Gasteiger partial charge in [-0.25, -0.2) is 0 Å². The van der Waals surface area contributed by atoms with Crippen LogP contribution in [0.3, 0.4) is 0 Å². The number of carbonyl (C=O) groups is 1. The van der Waals surface area contributed by atoms with Crippen LogP contribution in [0.5, 0.6) is 0 Å². The zero-order valence-electron chi connectivity index (χ0n) is 12.9. The molecule has 6 nitrogen and oxygen atoms in total. The Kier molecular flexibility index (Phi) is 4.33. The van der Waals surface area contributed by atoms with Crippen molar-refractivity contribution in [3.8, 4) is 0 Å². The van der Waals surface area contributed by atoms with E-state index in [2.05, 4.69) is 26.1 Å². The van der Waals surface area contributed by atoms with Crippen molar-refractivity contribution in [2.45, 2.75) is 31.7 Å². The maximum atomic E-state index is 13.1. The van der Waals surface area contributed by atoms with Crippen LogP contribution in [0.1, 0.15) is 47.8 Å². The van der Waals surface area contributed by atoms with Crippen LogP contribution in [0.2, 0.25) is 0 Å². The Bertz CT molecular complexity index is 658. The van der Waals surface area contributed by atoms with Gasteiger partial charge in [0.25, 0.3) is 5.91 Å². The van der Waals surface area contributed by atoms with Gasteiger partial charge in [-0.15, -0.1) is 0 Å². The summed E-state index contributed by atoms with van der Waals surface area (Å²) in [6, 6.07) is 0.0884. The fourth-order valence-electron chi connectivity index (χ4n) is 3.10.